The van der Waals surface area contributed by atoms with Crippen molar-refractivity contribution in [1.82, 2.24) is 16.0 Å². The highest BCUT2D eigenvalue weighted by Crippen LogP contribution is 2.23. The number of carbonyl (C=O) groups is 2. The van der Waals surface area contributed by atoms with Crippen LogP contribution >= 0.6 is 0 Å². The monoisotopic (exact) mass is 533 g/mol. The van der Waals surface area contributed by atoms with E-state index in [1.165, 1.54) is 0 Å². The Morgan fingerprint density at radius 3 is 1.21 bits per heavy atom. The zero-order valence-corrected chi connectivity index (χ0v) is 19.8. The van der Waals surface area contributed by atoms with Gasteiger partial charge in [-0.05, 0) is 32.4 Å². The van der Waals surface area contributed by atoms with E-state index in [-0.39, 0.29) is 24.2 Å². The Morgan fingerprint density at radius 1 is 0.526 bits per heavy atom. The molecule has 0 fully saturated rings. The molecule has 202 valence electrons. The lowest BCUT2D eigenvalue weighted by Gasteiger charge is -2.08. The first-order valence-electron chi connectivity index (χ1n) is 11.1. The second-order valence-electron chi connectivity index (χ2n) is 7.83. The number of amides is 2. The van der Waals surface area contributed by atoms with Gasteiger partial charge in [0.25, 0.3) is 34.6 Å². The minimum atomic E-state index is -0.820. The molecule has 0 heterocycles. The van der Waals surface area contributed by atoms with Crippen LogP contribution in [0.5, 0.6) is 0 Å². The Labute approximate surface area is 213 Å². The van der Waals surface area contributed by atoms with Crippen molar-refractivity contribution in [3.05, 3.63) is 88.0 Å². The van der Waals surface area contributed by atoms with Gasteiger partial charge in [-0.1, -0.05) is 0 Å². The Morgan fingerprint density at radius 2 is 0.842 bits per heavy atom. The highest BCUT2D eigenvalue weighted by molar-refractivity contribution is 5.96. The molecule has 3 N–H and O–H groups in total. The molecule has 2 aromatic carbocycles. The molecular weight excluding hydrogens is 510 g/mol. The number of hydrogen-bond donors (Lipinski definition) is 3. The Balaban J connectivity index is 1.66. The summed E-state index contributed by atoms with van der Waals surface area (Å²) in [6.45, 7) is 1.54. The van der Waals surface area contributed by atoms with Gasteiger partial charge < -0.3 is 16.0 Å². The number of benzene rings is 2. The van der Waals surface area contributed by atoms with E-state index < -0.39 is 54.3 Å². The molecule has 2 rings (SSSR count). The summed E-state index contributed by atoms with van der Waals surface area (Å²) in [7, 11) is 0. The predicted molar refractivity (Wildman–Crippen MR) is 131 cm³/mol. The summed E-state index contributed by atoms with van der Waals surface area (Å²) in [5.41, 5.74) is -2.62. The highest BCUT2D eigenvalue weighted by atomic mass is 16.6. The van der Waals surface area contributed by atoms with Crippen LogP contribution in [0.2, 0.25) is 0 Å². The van der Waals surface area contributed by atoms with Gasteiger partial charge in [-0.3, -0.25) is 50.0 Å². The van der Waals surface area contributed by atoms with Crippen LogP contribution in [0, 0.1) is 40.5 Å². The summed E-state index contributed by atoms with van der Waals surface area (Å²) in [5.74, 6) is -1.35. The number of hydrogen-bond acceptors (Lipinski definition) is 11. The molecule has 0 spiro atoms. The molecule has 0 unspecified atom stereocenters. The summed E-state index contributed by atoms with van der Waals surface area (Å²) in [6, 6.07) is 5.38. The minimum Gasteiger partial charge on any atom is -0.352 e. The van der Waals surface area contributed by atoms with Crippen molar-refractivity contribution >= 4 is 34.6 Å². The summed E-state index contributed by atoms with van der Waals surface area (Å²) in [6.07, 6.45) is 1.71. The molecule has 17 heteroatoms. The zero-order valence-electron chi connectivity index (χ0n) is 19.8. The molecule has 0 aliphatic carbocycles. The molecule has 2 amide bonds. The van der Waals surface area contributed by atoms with E-state index in [0.29, 0.717) is 32.4 Å². The largest absolute Gasteiger partial charge is 0.352 e. The van der Waals surface area contributed by atoms with Gasteiger partial charge in [-0.15, -0.1) is 0 Å². The third kappa shape index (κ3) is 8.86. The van der Waals surface area contributed by atoms with Gasteiger partial charge in [0, 0.05) is 37.4 Å². The zero-order chi connectivity index (χ0) is 28.2. The molecule has 0 aliphatic heterocycles. The standard InChI is InChI=1S/C21H23N7O10/c29-20(14-8-16(25(31)32)12-17(9-14)26(33)34)23-6-2-1-4-22-5-3-7-24-21(30)15-10-18(27(35)36)13-19(11-15)28(37)38/h8-13,22H,1-7H2,(H,23,29)(H,24,30). The smallest absolute Gasteiger partial charge is 0.277 e. The molecule has 38 heavy (non-hydrogen) atoms. The molecule has 0 aromatic heterocycles. The second kappa shape index (κ2) is 13.9. The van der Waals surface area contributed by atoms with E-state index in [9.17, 15) is 50.0 Å². The fourth-order valence-electron chi connectivity index (χ4n) is 3.20. The lowest BCUT2D eigenvalue weighted by Crippen LogP contribution is -2.28. The Kier molecular flexibility index (Phi) is 10.7. The van der Waals surface area contributed by atoms with Gasteiger partial charge in [-0.2, -0.15) is 0 Å². The highest BCUT2D eigenvalue weighted by Gasteiger charge is 2.20. The van der Waals surface area contributed by atoms with Crippen LogP contribution in [-0.2, 0) is 0 Å². The number of unbranched alkanes of at least 4 members (excludes halogenated alkanes) is 1. The third-order valence-corrected chi connectivity index (χ3v) is 5.05. The third-order valence-electron chi connectivity index (χ3n) is 5.05. The van der Waals surface area contributed by atoms with Gasteiger partial charge in [-0.25, -0.2) is 0 Å². The van der Waals surface area contributed by atoms with Crippen LogP contribution < -0.4 is 16.0 Å². The Hall–Kier alpha value is -5.06. The molecular formula is C21H23N7O10. The molecule has 2 aromatic rings. The van der Waals surface area contributed by atoms with Crippen molar-refractivity contribution in [2.75, 3.05) is 26.2 Å². The second-order valence-corrected chi connectivity index (χ2v) is 7.83. The fourth-order valence-corrected chi connectivity index (χ4v) is 3.20. The van der Waals surface area contributed by atoms with Gasteiger partial charge in [0.15, 0.2) is 0 Å². The molecule has 0 aliphatic rings. The Bertz CT molecular complexity index is 1090. The number of carbonyl (C=O) groups excluding carboxylic acids is 2. The summed E-state index contributed by atoms with van der Waals surface area (Å²) in [5, 5.41) is 51.9. The number of nitro benzene ring substituents is 4. The molecule has 0 saturated heterocycles. The predicted octanol–water partition coefficient (Wildman–Crippen LogP) is 2.24. The van der Waals surface area contributed by atoms with E-state index in [1.54, 1.807) is 0 Å². The lowest BCUT2D eigenvalue weighted by atomic mass is 10.1. The van der Waals surface area contributed by atoms with E-state index in [4.69, 9.17) is 0 Å². The van der Waals surface area contributed by atoms with Gasteiger partial charge >= 0.3 is 0 Å². The first-order valence-corrected chi connectivity index (χ1v) is 11.1. The van der Waals surface area contributed by atoms with Crippen molar-refractivity contribution in [1.29, 1.82) is 0 Å². The fraction of sp³-hybridized carbons (Fsp3) is 0.333. The quantitative estimate of drug-likeness (QED) is 0.170. The lowest BCUT2D eigenvalue weighted by molar-refractivity contribution is -0.394. The number of nitrogens with one attached hydrogen (secondary N) is 3. The molecule has 17 nitrogen and oxygen atoms in total. The molecule has 0 bridgehead atoms. The number of nitro groups is 4. The maximum absolute atomic E-state index is 12.2. The molecule has 0 saturated carbocycles. The first kappa shape index (κ1) is 29.2. The van der Waals surface area contributed by atoms with Crippen LogP contribution in [0.3, 0.4) is 0 Å². The van der Waals surface area contributed by atoms with Gasteiger partial charge in [0.1, 0.15) is 0 Å². The van der Waals surface area contributed by atoms with Crippen LogP contribution in [0.1, 0.15) is 40.0 Å². The van der Waals surface area contributed by atoms with Crippen LogP contribution in [-0.4, -0.2) is 57.7 Å². The van der Waals surface area contributed by atoms with Gasteiger partial charge in [0.2, 0.25) is 0 Å². The van der Waals surface area contributed by atoms with E-state index in [1.807, 2.05) is 0 Å². The van der Waals surface area contributed by atoms with Crippen LogP contribution in [0.4, 0.5) is 22.7 Å². The van der Waals surface area contributed by atoms with E-state index >= 15 is 0 Å². The SMILES string of the molecule is O=C(NCCCCNCCCNC(=O)c1cc([N+](=O)[O-])cc([N+](=O)[O-])c1)c1cc([N+](=O)[O-])cc([N+](=O)[O-])c1. The molecule has 0 radical (unpaired) electrons. The van der Waals surface area contributed by atoms with Crippen molar-refractivity contribution < 1.29 is 29.3 Å². The maximum Gasteiger partial charge on any atom is 0.277 e. The van der Waals surface area contributed by atoms with Crippen molar-refractivity contribution in [2.45, 2.75) is 19.3 Å². The number of nitrogens with zero attached hydrogens (tertiary/aromatic N) is 4. The van der Waals surface area contributed by atoms with Crippen molar-refractivity contribution in [2.24, 2.45) is 0 Å². The molecule has 0 atom stereocenters. The minimum absolute atomic E-state index is 0.189. The maximum atomic E-state index is 12.2. The van der Waals surface area contributed by atoms with Crippen LogP contribution in [0.15, 0.2) is 36.4 Å². The normalized spacial score (nSPS) is 10.4. The number of non-ortho nitro benzene ring substituents is 4. The summed E-state index contributed by atoms with van der Waals surface area (Å²) < 4.78 is 0. The van der Waals surface area contributed by atoms with Gasteiger partial charge in [0.05, 0.1) is 43.0 Å². The van der Waals surface area contributed by atoms with Crippen LogP contribution in [0.25, 0.3) is 0 Å². The average molecular weight is 533 g/mol. The van der Waals surface area contributed by atoms with E-state index in [2.05, 4.69) is 16.0 Å². The van der Waals surface area contributed by atoms with Crippen molar-refractivity contribution in [3.8, 4) is 0 Å². The van der Waals surface area contributed by atoms with Crippen molar-refractivity contribution in [3.63, 3.8) is 0 Å². The number of rotatable bonds is 15. The van der Waals surface area contributed by atoms with E-state index in [0.717, 1.165) is 36.4 Å². The topological polar surface area (TPSA) is 243 Å². The average Bonchev–Trinajstić information content (AvgIpc) is 2.88. The summed E-state index contributed by atoms with van der Waals surface area (Å²) >= 11 is 0. The summed E-state index contributed by atoms with van der Waals surface area (Å²) in [4.78, 5) is 64.8. The first-order chi connectivity index (χ1) is 18.0.